The van der Waals surface area contributed by atoms with Crippen LogP contribution in [0.25, 0.3) is 0 Å². The fourth-order valence-electron chi connectivity index (χ4n) is 2.78. The van der Waals surface area contributed by atoms with Crippen molar-refractivity contribution in [2.45, 2.75) is 44.4 Å². The van der Waals surface area contributed by atoms with Crippen LogP contribution in [-0.2, 0) is 11.2 Å². The van der Waals surface area contributed by atoms with Gasteiger partial charge in [0.05, 0.1) is 6.42 Å². The van der Waals surface area contributed by atoms with E-state index in [0.717, 1.165) is 10.6 Å². The van der Waals surface area contributed by atoms with Gasteiger partial charge in [-0.15, -0.1) is 10.2 Å². The number of anilines is 2. The number of nitrogens with one attached hydrogen (secondary N) is 1. The lowest BCUT2D eigenvalue weighted by Gasteiger charge is -2.18. The minimum absolute atomic E-state index is 0.0730. The number of carbonyl (C=O) groups is 1. The second-order valence-corrected chi connectivity index (χ2v) is 6.76. The third-order valence-electron chi connectivity index (χ3n) is 3.99. The number of carbonyl (C=O) groups excluding carboxylic acids is 1. The monoisotopic (exact) mass is 316 g/mol. The van der Waals surface area contributed by atoms with Crippen LogP contribution in [0.1, 0.15) is 48.6 Å². The van der Waals surface area contributed by atoms with Gasteiger partial charge < -0.3 is 11.1 Å². The molecule has 1 aliphatic carbocycles. The van der Waals surface area contributed by atoms with Crippen LogP contribution in [-0.4, -0.2) is 16.1 Å². The molecule has 1 aliphatic rings. The molecular weight excluding hydrogens is 296 g/mol. The molecule has 0 unspecified atom stereocenters. The van der Waals surface area contributed by atoms with Gasteiger partial charge in [0.1, 0.15) is 5.01 Å². The first kappa shape index (κ1) is 15.0. The fourth-order valence-corrected chi connectivity index (χ4v) is 3.71. The van der Waals surface area contributed by atoms with E-state index in [4.69, 9.17) is 5.73 Å². The zero-order chi connectivity index (χ0) is 15.4. The van der Waals surface area contributed by atoms with E-state index in [0.29, 0.717) is 23.2 Å². The maximum atomic E-state index is 12.0. The third kappa shape index (κ3) is 3.82. The van der Waals surface area contributed by atoms with Crippen LogP contribution in [0.2, 0.25) is 0 Å². The van der Waals surface area contributed by atoms with Crippen LogP contribution >= 0.6 is 11.3 Å². The lowest BCUT2D eigenvalue weighted by atomic mass is 9.90. The van der Waals surface area contributed by atoms with Gasteiger partial charge in [-0.05, 0) is 30.5 Å². The summed E-state index contributed by atoms with van der Waals surface area (Å²) >= 11 is 1.51. The average Bonchev–Trinajstić information content (AvgIpc) is 2.99. The quantitative estimate of drug-likeness (QED) is 0.848. The second kappa shape index (κ2) is 6.87. The Kier molecular flexibility index (Phi) is 4.68. The van der Waals surface area contributed by atoms with Gasteiger partial charge in [-0.1, -0.05) is 42.7 Å². The number of hydrogen-bond acceptors (Lipinski definition) is 5. The number of benzene rings is 1. The van der Waals surface area contributed by atoms with Crippen LogP contribution in [0.3, 0.4) is 0 Å². The molecule has 22 heavy (non-hydrogen) atoms. The third-order valence-corrected chi connectivity index (χ3v) is 4.99. The Balaban J connectivity index is 1.57. The van der Waals surface area contributed by atoms with E-state index in [9.17, 15) is 4.79 Å². The van der Waals surface area contributed by atoms with Gasteiger partial charge >= 0.3 is 0 Å². The predicted octanol–water partition coefficient (Wildman–Crippen LogP) is 3.35. The first-order chi connectivity index (χ1) is 10.7. The Morgan fingerprint density at radius 2 is 1.91 bits per heavy atom. The van der Waals surface area contributed by atoms with Crippen molar-refractivity contribution < 1.29 is 4.79 Å². The van der Waals surface area contributed by atoms with Gasteiger partial charge in [-0.2, -0.15) is 0 Å². The van der Waals surface area contributed by atoms with Gasteiger partial charge in [0, 0.05) is 11.6 Å². The van der Waals surface area contributed by atoms with Crippen LogP contribution in [0.4, 0.5) is 10.8 Å². The fraction of sp³-hybridized carbons (Fsp3) is 0.438. The minimum Gasteiger partial charge on any atom is -0.399 e. The van der Waals surface area contributed by atoms with E-state index in [-0.39, 0.29) is 5.91 Å². The van der Waals surface area contributed by atoms with Crippen molar-refractivity contribution >= 4 is 28.1 Å². The Morgan fingerprint density at radius 3 is 2.64 bits per heavy atom. The number of nitrogens with zero attached hydrogens (tertiary/aromatic N) is 2. The summed E-state index contributed by atoms with van der Waals surface area (Å²) in [4.78, 5) is 12.0. The highest BCUT2D eigenvalue weighted by Crippen LogP contribution is 2.35. The van der Waals surface area contributed by atoms with E-state index in [2.05, 4.69) is 15.5 Å². The summed E-state index contributed by atoms with van der Waals surface area (Å²) in [6, 6.07) is 7.33. The highest BCUT2D eigenvalue weighted by atomic mass is 32.1. The van der Waals surface area contributed by atoms with Gasteiger partial charge in [0.2, 0.25) is 11.0 Å². The number of amides is 1. The average molecular weight is 316 g/mol. The first-order valence-corrected chi connectivity index (χ1v) is 8.50. The summed E-state index contributed by atoms with van der Waals surface area (Å²) in [5.74, 6) is 0.449. The highest BCUT2D eigenvalue weighted by molar-refractivity contribution is 7.15. The summed E-state index contributed by atoms with van der Waals surface area (Å²) in [6.45, 7) is 0. The minimum atomic E-state index is -0.0730. The number of rotatable bonds is 4. The van der Waals surface area contributed by atoms with Crippen molar-refractivity contribution in [2.24, 2.45) is 0 Å². The molecule has 3 rings (SSSR count). The molecule has 0 atom stereocenters. The zero-order valence-corrected chi connectivity index (χ0v) is 13.2. The molecule has 1 amide bonds. The summed E-state index contributed by atoms with van der Waals surface area (Å²) in [7, 11) is 0. The van der Waals surface area contributed by atoms with Crippen molar-refractivity contribution in [3.05, 3.63) is 34.8 Å². The molecule has 1 aromatic heterocycles. The van der Waals surface area contributed by atoms with E-state index in [1.165, 1.54) is 43.4 Å². The predicted molar refractivity (Wildman–Crippen MR) is 88.9 cm³/mol. The van der Waals surface area contributed by atoms with Crippen molar-refractivity contribution in [1.29, 1.82) is 0 Å². The van der Waals surface area contributed by atoms with Gasteiger partial charge in [0.25, 0.3) is 0 Å². The zero-order valence-electron chi connectivity index (χ0n) is 12.4. The molecule has 6 heteroatoms. The van der Waals surface area contributed by atoms with E-state index in [1.54, 1.807) is 12.1 Å². The molecule has 0 saturated heterocycles. The second-order valence-electron chi connectivity index (χ2n) is 5.75. The van der Waals surface area contributed by atoms with Crippen molar-refractivity contribution in [1.82, 2.24) is 10.2 Å². The molecule has 0 radical (unpaired) electrons. The summed E-state index contributed by atoms with van der Waals surface area (Å²) in [5.41, 5.74) is 7.27. The van der Waals surface area contributed by atoms with Gasteiger partial charge in [-0.3, -0.25) is 4.79 Å². The molecule has 2 aromatic rings. The van der Waals surface area contributed by atoms with Crippen molar-refractivity contribution in [3.8, 4) is 0 Å². The standard InChI is InChI=1S/C16H20N4OS/c17-13-8-6-11(7-9-13)10-14(21)18-16-20-19-15(22-16)12-4-2-1-3-5-12/h6-9,12H,1-5,10,17H2,(H,18,20,21). The first-order valence-electron chi connectivity index (χ1n) is 7.68. The molecule has 116 valence electrons. The lowest BCUT2D eigenvalue weighted by molar-refractivity contribution is -0.115. The Labute approximate surface area is 134 Å². The molecule has 0 aliphatic heterocycles. The Bertz CT molecular complexity index is 632. The molecular formula is C16H20N4OS. The molecule has 0 spiro atoms. The van der Waals surface area contributed by atoms with Crippen LogP contribution < -0.4 is 11.1 Å². The van der Waals surface area contributed by atoms with Gasteiger partial charge in [-0.25, -0.2) is 0 Å². The lowest BCUT2D eigenvalue weighted by Crippen LogP contribution is -2.14. The van der Waals surface area contributed by atoms with E-state index >= 15 is 0 Å². The largest absolute Gasteiger partial charge is 0.399 e. The van der Waals surface area contributed by atoms with Crippen LogP contribution in [0.5, 0.6) is 0 Å². The van der Waals surface area contributed by atoms with Crippen LogP contribution in [0, 0.1) is 0 Å². The topological polar surface area (TPSA) is 80.9 Å². The maximum Gasteiger partial charge on any atom is 0.230 e. The number of hydrogen-bond donors (Lipinski definition) is 2. The molecule has 1 heterocycles. The molecule has 5 nitrogen and oxygen atoms in total. The SMILES string of the molecule is Nc1ccc(CC(=O)Nc2nnc(C3CCCCC3)s2)cc1. The molecule has 1 fully saturated rings. The Morgan fingerprint density at radius 1 is 1.18 bits per heavy atom. The summed E-state index contributed by atoms with van der Waals surface area (Å²) < 4.78 is 0. The van der Waals surface area contributed by atoms with E-state index in [1.807, 2.05) is 12.1 Å². The summed E-state index contributed by atoms with van der Waals surface area (Å²) in [5, 5.41) is 12.8. The smallest absolute Gasteiger partial charge is 0.230 e. The normalized spacial score (nSPS) is 15.6. The molecule has 1 saturated carbocycles. The maximum absolute atomic E-state index is 12.0. The molecule has 0 bridgehead atoms. The summed E-state index contributed by atoms with van der Waals surface area (Å²) in [6.07, 6.45) is 6.55. The number of nitrogen functional groups attached to an aromatic ring is 1. The molecule has 1 aromatic carbocycles. The van der Waals surface area contributed by atoms with E-state index < -0.39 is 0 Å². The van der Waals surface area contributed by atoms with Crippen LogP contribution in [0.15, 0.2) is 24.3 Å². The molecule has 3 N–H and O–H groups in total. The van der Waals surface area contributed by atoms with Gasteiger partial charge in [0.15, 0.2) is 0 Å². The number of aromatic nitrogens is 2. The highest BCUT2D eigenvalue weighted by Gasteiger charge is 2.20. The van der Waals surface area contributed by atoms with Crippen molar-refractivity contribution in [2.75, 3.05) is 11.1 Å². The number of nitrogens with two attached hydrogens (primary N) is 1. The Hall–Kier alpha value is -1.95. The van der Waals surface area contributed by atoms with Crippen molar-refractivity contribution in [3.63, 3.8) is 0 Å².